The smallest absolute Gasteiger partial charge is 0.218 e. The maximum Gasteiger partial charge on any atom is 0.218 e. The zero-order chi connectivity index (χ0) is 16.4. The lowest BCUT2D eigenvalue weighted by Gasteiger charge is -2.24. The Bertz CT molecular complexity index is 1130. The van der Waals surface area contributed by atoms with Crippen LogP contribution in [0.15, 0.2) is 48.3 Å². The number of hydrogen-bond donors (Lipinski definition) is 2. The van der Waals surface area contributed by atoms with E-state index in [1.807, 2.05) is 19.3 Å². The second kappa shape index (κ2) is 4.49. The van der Waals surface area contributed by atoms with E-state index in [-0.39, 0.29) is 11.5 Å². The predicted molar refractivity (Wildman–Crippen MR) is 90.9 cm³/mol. The number of ketones is 1. The second-order valence-electron chi connectivity index (χ2n) is 6.30. The third-order valence-electron chi connectivity index (χ3n) is 4.71. The summed E-state index contributed by atoms with van der Waals surface area (Å²) >= 11 is 0. The van der Waals surface area contributed by atoms with Crippen molar-refractivity contribution in [3.63, 3.8) is 0 Å². The number of rotatable bonds is 0. The summed E-state index contributed by atoms with van der Waals surface area (Å²) in [5.74, 6) is 0.127. The van der Waals surface area contributed by atoms with Gasteiger partial charge in [-0.25, -0.2) is 4.98 Å². The molecule has 0 fully saturated rings. The van der Waals surface area contributed by atoms with Gasteiger partial charge in [0.1, 0.15) is 24.2 Å². The molecule has 5 rings (SSSR count). The molecule has 2 aliphatic rings. The number of benzene rings is 1. The van der Waals surface area contributed by atoms with Gasteiger partial charge in [-0.2, -0.15) is 0 Å². The van der Waals surface area contributed by atoms with E-state index in [1.54, 1.807) is 24.4 Å². The van der Waals surface area contributed by atoms with Crippen molar-refractivity contribution in [2.24, 2.45) is 0 Å². The minimum absolute atomic E-state index is 0.0558. The Morgan fingerprint density at radius 1 is 1.12 bits per heavy atom. The minimum atomic E-state index is -0.0558. The Morgan fingerprint density at radius 2 is 2.00 bits per heavy atom. The Labute approximate surface area is 137 Å². The summed E-state index contributed by atoms with van der Waals surface area (Å²) < 4.78 is 0. The van der Waals surface area contributed by atoms with Crippen molar-refractivity contribution < 1.29 is 14.8 Å². The molecule has 5 heteroatoms. The van der Waals surface area contributed by atoms with Crippen molar-refractivity contribution >= 4 is 33.0 Å². The van der Waals surface area contributed by atoms with Gasteiger partial charge >= 0.3 is 0 Å². The first-order valence-corrected chi connectivity index (χ1v) is 7.84. The first-order chi connectivity index (χ1) is 11.6. The number of aromatic hydroxyl groups is 1. The first-order valence-electron chi connectivity index (χ1n) is 7.84. The number of pyridine rings is 2. The summed E-state index contributed by atoms with van der Waals surface area (Å²) in [4.78, 5) is 23.2. The van der Waals surface area contributed by atoms with Gasteiger partial charge in [0, 0.05) is 22.5 Å². The number of aromatic nitrogens is 2. The summed E-state index contributed by atoms with van der Waals surface area (Å²) in [5, 5.41) is 12.3. The molecule has 5 nitrogen and oxygen atoms in total. The number of phenolic OH excluding ortho intramolecular Hbond substituents is 1. The molecule has 0 spiro atoms. The molecular weight excluding hydrogens is 302 g/mol. The highest BCUT2D eigenvalue weighted by Gasteiger charge is 2.34. The quantitative estimate of drug-likeness (QED) is 0.617. The number of carbonyl (C=O) groups excluding carboxylic acids is 1. The minimum Gasteiger partial charge on any atom is -0.508 e. The molecule has 1 atom stereocenters. The van der Waals surface area contributed by atoms with E-state index in [0.717, 1.165) is 44.4 Å². The second-order valence-corrected chi connectivity index (χ2v) is 6.30. The van der Waals surface area contributed by atoms with Crippen LogP contribution in [0.4, 0.5) is 0 Å². The van der Waals surface area contributed by atoms with Gasteiger partial charge in [-0.1, -0.05) is 0 Å². The van der Waals surface area contributed by atoms with Crippen LogP contribution < -0.4 is 4.90 Å². The molecule has 1 aromatic carbocycles. The Balaban J connectivity index is 1.99. The Morgan fingerprint density at radius 3 is 2.88 bits per heavy atom. The highest BCUT2D eigenvalue weighted by Crippen LogP contribution is 2.40. The molecule has 116 valence electrons. The fourth-order valence-corrected chi connectivity index (χ4v) is 3.60. The van der Waals surface area contributed by atoms with Crippen LogP contribution in [0.1, 0.15) is 16.2 Å². The molecule has 3 aromatic rings. The summed E-state index contributed by atoms with van der Waals surface area (Å²) in [5.41, 5.74) is 3.62. The third-order valence-corrected chi connectivity index (χ3v) is 4.71. The molecule has 0 amide bonds. The van der Waals surface area contributed by atoms with Crippen LogP contribution in [0.5, 0.6) is 5.75 Å². The van der Waals surface area contributed by atoms with E-state index in [1.165, 1.54) is 0 Å². The normalized spacial score (nSPS) is 19.2. The van der Waals surface area contributed by atoms with Crippen LogP contribution in [0.25, 0.3) is 27.2 Å². The number of hydrogen-bond acceptors (Lipinski definition) is 4. The molecule has 24 heavy (non-hydrogen) atoms. The number of Topliss-reactive ketones (excluding diaryl/α,β-unsaturated/α-hetero) is 1. The van der Waals surface area contributed by atoms with E-state index in [0.29, 0.717) is 11.3 Å². The third kappa shape index (κ3) is 1.64. The molecule has 0 bridgehead atoms. The number of phenols is 1. The number of carbonyl (C=O) groups is 1. The van der Waals surface area contributed by atoms with Gasteiger partial charge in [0.15, 0.2) is 0 Å². The Kier molecular flexibility index (Phi) is 2.51. The lowest BCUT2D eigenvalue weighted by atomic mass is 9.85. The van der Waals surface area contributed by atoms with Crippen molar-refractivity contribution in [2.45, 2.75) is 0 Å². The molecule has 2 N–H and O–H groups in total. The fraction of sp³-hybridized carbons (Fsp3) is 0.105. The monoisotopic (exact) mass is 316 g/mol. The molecule has 1 unspecified atom stereocenters. The maximum absolute atomic E-state index is 12.9. The molecule has 0 saturated carbocycles. The van der Waals surface area contributed by atoms with Gasteiger partial charge in [-0.15, -0.1) is 0 Å². The summed E-state index contributed by atoms with van der Waals surface area (Å²) in [7, 11) is 2.02. The van der Waals surface area contributed by atoms with Crippen molar-refractivity contribution in [2.75, 3.05) is 13.6 Å². The number of nitrogens with zero attached hydrogens (tertiary/aromatic N) is 2. The average molecular weight is 316 g/mol. The van der Waals surface area contributed by atoms with Gasteiger partial charge in [-0.05, 0) is 35.7 Å². The van der Waals surface area contributed by atoms with Crippen LogP contribution in [0, 0.1) is 0 Å². The van der Waals surface area contributed by atoms with E-state index in [2.05, 4.69) is 11.1 Å². The summed E-state index contributed by atoms with van der Waals surface area (Å²) in [6.07, 6.45) is 5.67. The van der Waals surface area contributed by atoms with Gasteiger partial charge < -0.3 is 10.0 Å². The standard InChI is InChI=1S/C19H13N3O2/c1-22-7-5-12-14(9-22)19(24)18-16-11(4-6-20-18)13-8-10(23)2-3-15(13)21-17(12)16/h2-6,8-9,23H,7H2,1H3/p+1. The molecular formula is C19H14N3O2+. The van der Waals surface area contributed by atoms with Gasteiger partial charge in [0.25, 0.3) is 0 Å². The Hall–Kier alpha value is -3.05. The van der Waals surface area contributed by atoms with E-state index >= 15 is 0 Å². The van der Waals surface area contributed by atoms with Gasteiger partial charge in [-0.3, -0.25) is 9.78 Å². The van der Waals surface area contributed by atoms with Gasteiger partial charge in [0.2, 0.25) is 5.78 Å². The van der Waals surface area contributed by atoms with Crippen molar-refractivity contribution in [1.82, 2.24) is 9.97 Å². The number of likely N-dealkylation sites (N-methyl/N-ethyl adjacent to an activating group) is 1. The van der Waals surface area contributed by atoms with Crippen LogP contribution in [0.3, 0.4) is 0 Å². The lowest BCUT2D eigenvalue weighted by Crippen LogP contribution is -3.04. The number of fused-ring (bicyclic) bond motifs is 4. The molecule has 3 heterocycles. The van der Waals surface area contributed by atoms with Crippen LogP contribution in [0.2, 0.25) is 0 Å². The fourth-order valence-electron chi connectivity index (χ4n) is 3.60. The number of quaternary nitrogens is 1. The summed E-state index contributed by atoms with van der Waals surface area (Å²) in [6.45, 7) is 0.818. The van der Waals surface area contributed by atoms with Crippen molar-refractivity contribution in [1.29, 1.82) is 0 Å². The van der Waals surface area contributed by atoms with E-state index < -0.39 is 0 Å². The zero-order valence-electron chi connectivity index (χ0n) is 13.0. The number of nitrogens with one attached hydrogen (secondary N) is 1. The highest BCUT2D eigenvalue weighted by atomic mass is 16.3. The zero-order valence-corrected chi connectivity index (χ0v) is 13.0. The first kappa shape index (κ1) is 13.4. The molecule has 0 saturated heterocycles. The van der Waals surface area contributed by atoms with Crippen LogP contribution in [-0.2, 0) is 0 Å². The molecule has 2 aromatic heterocycles. The maximum atomic E-state index is 12.9. The molecule has 1 aliphatic carbocycles. The van der Waals surface area contributed by atoms with E-state index in [4.69, 9.17) is 4.98 Å². The average Bonchev–Trinajstić information content (AvgIpc) is 2.59. The SMILES string of the molecule is C[NH+]1C=C2C(=O)c3nccc4c3c(nc3ccc(O)cc34)C2=CC1. The lowest BCUT2D eigenvalue weighted by molar-refractivity contribution is -0.818. The largest absolute Gasteiger partial charge is 0.508 e. The highest BCUT2D eigenvalue weighted by molar-refractivity contribution is 6.30. The van der Waals surface area contributed by atoms with E-state index in [9.17, 15) is 9.90 Å². The predicted octanol–water partition coefficient (Wildman–Crippen LogP) is 1.48. The van der Waals surface area contributed by atoms with Crippen molar-refractivity contribution in [3.8, 4) is 5.75 Å². The van der Waals surface area contributed by atoms with Crippen LogP contribution in [-0.4, -0.2) is 34.5 Å². The van der Waals surface area contributed by atoms with Crippen LogP contribution >= 0.6 is 0 Å². The topological polar surface area (TPSA) is 67.5 Å². The number of allylic oxidation sites excluding steroid dienone is 2. The van der Waals surface area contributed by atoms with Crippen molar-refractivity contribution in [3.05, 3.63) is 59.7 Å². The summed E-state index contributed by atoms with van der Waals surface area (Å²) in [6, 6.07) is 7.01. The molecule has 1 aliphatic heterocycles. The van der Waals surface area contributed by atoms with Gasteiger partial charge in [0.05, 0.1) is 23.8 Å². The molecule has 0 radical (unpaired) electrons.